The zero-order valence-corrected chi connectivity index (χ0v) is 19.2. The van der Waals surface area contributed by atoms with E-state index in [0.29, 0.717) is 6.54 Å². The molecule has 35 heavy (non-hydrogen) atoms. The lowest BCUT2D eigenvalue weighted by atomic mass is 9.78. The minimum absolute atomic E-state index is 0.0362. The Kier molecular flexibility index (Phi) is 4.58. The summed E-state index contributed by atoms with van der Waals surface area (Å²) in [5.74, 6) is -0.0532. The van der Waals surface area contributed by atoms with Crippen LogP contribution < -0.4 is 10.6 Å². The van der Waals surface area contributed by atoms with Gasteiger partial charge in [0.05, 0.1) is 12.7 Å². The molecule has 1 aliphatic rings. The lowest BCUT2D eigenvalue weighted by Gasteiger charge is -2.30. The lowest BCUT2D eigenvalue weighted by molar-refractivity contribution is -0.118. The molecule has 1 fully saturated rings. The first-order valence-electron chi connectivity index (χ1n) is 12.1. The first-order valence-corrected chi connectivity index (χ1v) is 12.1. The summed E-state index contributed by atoms with van der Waals surface area (Å²) in [4.78, 5) is 12.5. The number of carbonyl (C=O) groups excluding carboxylic acids is 1. The van der Waals surface area contributed by atoms with E-state index in [2.05, 4.69) is 120 Å². The van der Waals surface area contributed by atoms with Crippen LogP contribution >= 0.6 is 0 Å². The topological polar surface area (TPSA) is 41.1 Å². The maximum absolute atomic E-state index is 12.5. The van der Waals surface area contributed by atoms with Crippen molar-refractivity contribution in [1.29, 1.82) is 0 Å². The summed E-state index contributed by atoms with van der Waals surface area (Å²) in [7, 11) is 0. The second-order valence-corrected chi connectivity index (χ2v) is 9.37. The normalized spacial score (nSPS) is 16.0. The van der Waals surface area contributed by atoms with Crippen LogP contribution in [0.15, 0.2) is 109 Å². The first kappa shape index (κ1) is 20.2. The van der Waals surface area contributed by atoms with Gasteiger partial charge in [-0.2, -0.15) is 0 Å². The number of benzene rings is 6. The smallest absolute Gasteiger partial charge is 0.235 e. The molecule has 6 aromatic carbocycles. The number of carbonyl (C=O) groups is 1. The Hall–Kier alpha value is -4.21. The van der Waals surface area contributed by atoms with Gasteiger partial charge >= 0.3 is 0 Å². The van der Waals surface area contributed by atoms with Crippen molar-refractivity contribution in [3.63, 3.8) is 0 Å². The number of amides is 1. The van der Waals surface area contributed by atoms with Crippen LogP contribution in [-0.2, 0) is 4.79 Å². The molecule has 0 aromatic heterocycles. The maximum atomic E-state index is 12.5. The third-order valence-electron chi connectivity index (χ3n) is 7.38. The van der Waals surface area contributed by atoms with Crippen LogP contribution in [0.2, 0.25) is 0 Å². The maximum Gasteiger partial charge on any atom is 0.235 e. The molecule has 1 unspecified atom stereocenters. The van der Waals surface area contributed by atoms with Crippen molar-refractivity contribution in [3.8, 4) is 0 Å². The van der Waals surface area contributed by atoms with Gasteiger partial charge in [0.1, 0.15) is 0 Å². The van der Waals surface area contributed by atoms with Crippen LogP contribution in [0.25, 0.3) is 43.1 Å². The molecule has 1 heterocycles. The Balaban J connectivity index is 1.68. The molecule has 6 aromatic rings. The second-order valence-electron chi connectivity index (χ2n) is 9.37. The van der Waals surface area contributed by atoms with Crippen LogP contribution in [-0.4, -0.2) is 18.6 Å². The van der Waals surface area contributed by atoms with Gasteiger partial charge in [0.15, 0.2) is 0 Å². The van der Waals surface area contributed by atoms with Gasteiger partial charge in [0.2, 0.25) is 5.91 Å². The van der Waals surface area contributed by atoms with E-state index in [0.717, 1.165) is 0 Å². The standard InChI is InChI=1S/C32H24N2O/c35-28-19-33-32(34-28)31(29-24-13-5-1-9-20(24)17-21-10-2-6-14-25(21)29)30-26-15-7-3-11-22(26)18-23-12-4-8-16-27(23)30/h1-18,31-33H,19H2,(H,34,35). The molecule has 3 heteroatoms. The molecule has 0 saturated carbocycles. The molecule has 7 rings (SSSR count). The fourth-order valence-corrected chi connectivity index (χ4v) is 5.92. The number of rotatable bonds is 3. The molecule has 0 radical (unpaired) electrons. The average molecular weight is 453 g/mol. The largest absolute Gasteiger partial charge is 0.339 e. The number of hydrogen-bond acceptors (Lipinski definition) is 2. The highest BCUT2D eigenvalue weighted by atomic mass is 16.2. The van der Waals surface area contributed by atoms with Crippen LogP contribution in [0.5, 0.6) is 0 Å². The zero-order chi connectivity index (χ0) is 23.4. The van der Waals surface area contributed by atoms with Crippen molar-refractivity contribution >= 4 is 49.0 Å². The van der Waals surface area contributed by atoms with E-state index in [9.17, 15) is 4.79 Å². The van der Waals surface area contributed by atoms with E-state index in [1.165, 1.54) is 54.2 Å². The number of hydrogen-bond donors (Lipinski definition) is 2. The molecule has 1 saturated heterocycles. The quantitative estimate of drug-likeness (QED) is 0.302. The molecule has 168 valence electrons. The molecule has 2 N–H and O–H groups in total. The lowest BCUT2D eigenvalue weighted by Crippen LogP contribution is -2.39. The van der Waals surface area contributed by atoms with Gasteiger partial charge in [-0.1, -0.05) is 97.1 Å². The van der Waals surface area contributed by atoms with Gasteiger partial charge in [0.25, 0.3) is 0 Å². The SMILES string of the molecule is O=C1CNC(C(c2c3ccccc3cc3ccccc23)c2c3ccccc3cc3ccccc23)N1. The van der Waals surface area contributed by atoms with Crippen molar-refractivity contribution in [1.82, 2.24) is 10.6 Å². The monoisotopic (exact) mass is 452 g/mol. The molecule has 3 nitrogen and oxygen atoms in total. The first-order chi connectivity index (χ1) is 17.3. The van der Waals surface area contributed by atoms with E-state index in [1.807, 2.05) is 0 Å². The minimum Gasteiger partial charge on any atom is -0.339 e. The summed E-state index contributed by atoms with van der Waals surface area (Å²) < 4.78 is 0. The summed E-state index contributed by atoms with van der Waals surface area (Å²) in [6, 6.07) is 39.0. The third-order valence-corrected chi connectivity index (χ3v) is 7.38. The Labute approximate surface area is 203 Å². The van der Waals surface area contributed by atoms with Crippen molar-refractivity contribution in [2.75, 3.05) is 6.54 Å². The minimum atomic E-state index is -0.217. The molecular formula is C32H24N2O. The molecule has 1 atom stereocenters. The Morgan fingerprint density at radius 2 is 0.943 bits per heavy atom. The van der Waals surface area contributed by atoms with Crippen molar-refractivity contribution in [2.24, 2.45) is 0 Å². The Morgan fingerprint density at radius 3 is 1.29 bits per heavy atom. The van der Waals surface area contributed by atoms with Gasteiger partial charge in [-0.3, -0.25) is 10.1 Å². The predicted octanol–water partition coefficient (Wildman–Crippen LogP) is 6.48. The molecule has 1 aliphatic heterocycles. The fraction of sp³-hybridized carbons (Fsp3) is 0.0938. The van der Waals surface area contributed by atoms with Gasteiger partial charge in [-0.25, -0.2) is 0 Å². The molecule has 0 spiro atoms. The summed E-state index contributed by atoms with van der Waals surface area (Å²) >= 11 is 0. The molecular weight excluding hydrogens is 428 g/mol. The van der Waals surface area contributed by atoms with E-state index < -0.39 is 0 Å². The highest BCUT2D eigenvalue weighted by molar-refractivity contribution is 6.07. The Bertz CT molecular complexity index is 1540. The third kappa shape index (κ3) is 3.20. The molecule has 0 aliphatic carbocycles. The van der Waals surface area contributed by atoms with Crippen molar-refractivity contribution in [3.05, 3.63) is 120 Å². The summed E-state index contributed by atoms with van der Waals surface area (Å²) in [5.41, 5.74) is 2.50. The highest BCUT2D eigenvalue weighted by Gasteiger charge is 2.34. The van der Waals surface area contributed by atoms with Gasteiger partial charge in [-0.05, 0) is 66.3 Å². The van der Waals surface area contributed by atoms with Crippen molar-refractivity contribution in [2.45, 2.75) is 12.1 Å². The number of nitrogens with one attached hydrogen (secondary N) is 2. The summed E-state index contributed by atoms with van der Waals surface area (Å²) in [6.07, 6.45) is -0.217. The predicted molar refractivity (Wildman–Crippen MR) is 145 cm³/mol. The fourth-order valence-electron chi connectivity index (χ4n) is 5.92. The molecule has 0 bridgehead atoms. The van der Waals surface area contributed by atoms with E-state index in [-0.39, 0.29) is 18.0 Å². The van der Waals surface area contributed by atoms with Crippen LogP contribution in [0.1, 0.15) is 17.0 Å². The van der Waals surface area contributed by atoms with Crippen LogP contribution in [0.3, 0.4) is 0 Å². The van der Waals surface area contributed by atoms with E-state index in [4.69, 9.17) is 0 Å². The van der Waals surface area contributed by atoms with E-state index in [1.54, 1.807) is 0 Å². The summed E-state index contributed by atoms with van der Waals surface area (Å²) in [6.45, 7) is 0.326. The van der Waals surface area contributed by atoms with Crippen LogP contribution in [0.4, 0.5) is 0 Å². The zero-order valence-electron chi connectivity index (χ0n) is 19.2. The van der Waals surface area contributed by atoms with Gasteiger partial charge < -0.3 is 5.32 Å². The van der Waals surface area contributed by atoms with Gasteiger partial charge in [-0.15, -0.1) is 0 Å². The van der Waals surface area contributed by atoms with Crippen molar-refractivity contribution < 1.29 is 4.79 Å². The average Bonchev–Trinajstić information content (AvgIpc) is 3.33. The second kappa shape index (κ2) is 7.93. The van der Waals surface area contributed by atoms with Gasteiger partial charge in [0, 0.05) is 5.92 Å². The Morgan fingerprint density at radius 1 is 0.571 bits per heavy atom. The van der Waals surface area contributed by atoms with Crippen LogP contribution in [0, 0.1) is 0 Å². The summed E-state index contributed by atoms with van der Waals surface area (Å²) in [5, 5.41) is 16.5. The highest BCUT2D eigenvalue weighted by Crippen LogP contribution is 2.44. The molecule has 1 amide bonds. The van der Waals surface area contributed by atoms with E-state index >= 15 is 0 Å². The number of fused-ring (bicyclic) bond motifs is 4.